The van der Waals surface area contributed by atoms with Gasteiger partial charge in [-0.25, -0.2) is 0 Å². The predicted octanol–water partition coefficient (Wildman–Crippen LogP) is 2.55. The third-order valence-corrected chi connectivity index (χ3v) is 2.29. The highest BCUT2D eigenvalue weighted by Gasteiger charge is 2.00. The van der Waals surface area contributed by atoms with Crippen molar-refractivity contribution in [1.82, 2.24) is 0 Å². The highest BCUT2D eigenvalue weighted by atomic mass is 79.9. The number of aryl methyl sites for hydroxylation is 1. The van der Waals surface area contributed by atoms with E-state index in [-0.39, 0.29) is 0 Å². The summed E-state index contributed by atoms with van der Waals surface area (Å²) in [7, 11) is 0. The van der Waals surface area contributed by atoms with Crippen molar-refractivity contribution in [1.29, 1.82) is 0 Å². The Bertz CT molecular complexity index is 273. The zero-order valence-corrected chi connectivity index (χ0v) is 8.79. The van der Waals surface area contributed by atoms with Crippen LogP contribution in [0.2, 0.25) is 0 Å². The molecule has 70 valence electrons. The molecule has 1 aromatic carbocycles. The second kappa shape index (κ2) is 5.75. The summed E-state index contributed by atoms with van der Waals surface area (Å²) in [5, 5.41) is 0.961. The fraction of sp³-hybridized carbons (Fsp3) is 0.300. The molecule has 0 N–H and O–H groups in total. The summed E-state index contributed by atoms with van der Waals surface area (Å²) in [6.07, 6.45) is 1.97. The van der Waals surface area contributed by atoms with Gasteiger partial charge in [0, 0.05) is 5.33 Å². The van der Waals surface area contributed by atoms with Crippen LogP contribution < -0.4 is 4.74 Å². The van der Waals surface area contributed by atoms with E-state index < -0.39 is 0 Å². The van der Waals surface area contributed by atoms with Gasteiger partial charge in [-0.3, -0.25) is 4.79 Å². The topological polar surface area (TPSA) is 26.3 Å². The number of alkyl halides is 1. The van der Waals surface area contributed by atoms with Crippen molar-refractivity contribution in [3.05, 3.63) is 29.8 Å². The van der Waals surface area contributed by atoms with Crippen LogP contribution in [0.25, 0.3) is 0 Å². The first-order chi connectivity index (χ1) is 6.38. The molecule has 0 saturated carbocycles. The molecule has 13 heavy (non-hydrogen) atoms. The zero-order valence-electron chi connectivity index (χ0n) is 7.20. The number of benzene rings is 1. The molecule has 0 aliphatic heterocycles. The van der Waals surface area contributed by atoms with Crippen LogP contribution in [-0.2, 0) is 11.2 Å². The van der Waals surface area contributed by atoms with Crippen molar-refractivity contribution < 1.29 is 9.53 Å². The molecule has 0 saturated heterocycles. The molecule has 2 nitrogen and oxygen atoms in total. The minimum absolute atomic E-state index is 0.465. The van der Waals surface area contributed by atoms with Crippen LogP contribution in [0.1, 0.15) is 12.0 Å². The number of rotatable bonds is 5. The van der Waals surface area contributed by atoms with Crippen LogP contribution in [0.4, 0.5) is 0 Å². The Hall–Kier alpha value is -0.830. The SMILES string of the molecule is O=COc1ccccc1CCCBr. The molecule has 0 aromatic heterocycles. The largest absolute Gasteiger partial charge is 0.428 e. The van der Waals surface area contributed by atoms with Gasteiger partial charge in [0.15, 0.2) is 0 Å². The quantitative estimate of drug-likeness (QED) is 0.586. The third kappa shape index (κ3) is 3.19. The Morgan fingerprint density at radius 1 is 1.38 bits per heavy atom. The van der Waals surface area contributed by atoms with Crippen LogP contribution in [0.5, 0.6) is 5.75 Å². The summed E-state index contributed by atoms with van der Waals surface area (Å²) in [6.45, 7) is 0.465. The fourth-order valence-corrected chi connectivity index (χ4v) is 1.41. The average Bonchev–Trinajstić information content (AvgIpc) is 2.17. The molecule has 0 aliphatic carbocycles. The number of ether oxygens (including phenoxy) is 1. The predicted molar refractivity (Wildman–Crippen MR) is 55.2 cm³/mol. The molecule has 3 heteroatoms. The number of carbonyl (C=O) groups excluding carboxylic acids is 1. The van der Waals surface area contributed by atoms with Gasteiger partial charge in [0.05, 0.1) is 0 Å². The molecule has 0 bridgehead atoms. The first-order valence-electron chi connectivity index (χ1n) is 4.12. The van der Waals surface area contributed by atoms with Crippen molar-refractivity contribution >= 4 is 22.4 Å². The van der Waals surface area contributed by atoms with E-state index in [0.717, 1.165) is 23.7 Å². The van der Waals surface area contributed by atoms with E-state index in [0.29, 0.717) is 12.2 Å². The van der Waals surface area contributed by atoms with Crippen molar-refractivity contribution in [3.63, 3.8) is 0 Å². The van der Waals surface area contributed by atoms with Crippen molar-refractivity contribution in [2.24, 2.45) is 0 Å². The Labute approximate surface area is 86.0 Å². The molecular weight excluding hydrogens is 232 g/mol. The summed E-state index contributed by atoms with van der Waals surface area (Å²) < 4.78 is 4.84. The number of hydrogen-bond donors (Lipinski definition) is 0. The smallest absolute Gasteiger partial charge is 0.298 e. The van der Waals surface area contributed by atoms with Gasteiger partial charge in [-0.15, -0.1) is 0 Å². The second-order valence-electron chi connectivity index (χ2n) is 2.61. The number of para-hydroxylation sites is 1. The first kappa shape index (κ1) is 10.3. The number of halogens is 1. The minimum Gasteiger partial charge on any atom is -0.428 e. The lowest BCUT2D eigenvalue weighted by molar-refractivity contribution is -0.120. The molecular formula is C10H11BrO2. The Morgan fingerprint density at radius 2 is 2.15 bits per heavy atom. The number of carbonyl (C=O) groups is 1. The Kier molecular flexibility index (Phi) is 4.54. The van der Waals surface area contributed by atoms with Gasteiger partial charge in [0.1, 0.15) is 5.75 Å². The van der Waals surface area contributed by atoms with Crippen molar-refractivity contribution in [3.8, 4) is 5.75 Å². The van der Waals surface area contributed by atoms with Crippen LogP contribution in [0.3, 0.4) is 0 Å². The fourth-order valence-electron chi connectivity index (χ4n) is 1.13. The molecule has 0 spiro atoms. The van der Waals surface area contributed by atoms with Crippen LogP contribution in [0, 0.1) is 0 Å². The standard InChI is InChI=1S/C10H11BrO2/c11-7-3-5-9-4-1-2-6-10(9)13-8-12/h1-2,4,6,8H,3,5,7H2. The van der Waals surface area contributed by atoms with Crippen LogP contribution >= 0.6 is 15.9 Å². The lowest BCUT2D eigenvalue weighted by Crippen LogP contribution is -1.95. The molecule has 0 aliphatic rings. The van der Waals surface area contributed by atoms with Crippen LogP contribution in [-0.4, -0.2) is 11.8 Å². The maximum atomic E-state index is 10.2. The molecule has 0 fully saturated rings. The molecule has 0 amide bonds. The second-order valence-corrected chi connectivity index (χ2v) is 3.41. The monoisotopic (exact) mass is 242 g/mol. The van der Waals surface area contributed by atoms with E-state index in [9.17, 15) is 4.79 Å². The van der Waals surface area contributed by atoms with E-state index in [4.69, 9.17) is 4.74 Å². The Morgan fingerprint density at radius 3 is 2.85 bits per heavy atom. The first-order valence-corrected chi connectivity index (χ1v) is 5.25. The molecule has 1 aromatic rings. The maximum Gasteiger partial charge on any atom is 0.298 e. The van der Waals surface area contributed by atoms with E-state index >= 15 is 0 Å². The molecule has 0 unspecified atom stereocenters. The van der Waals surface area contributed by atoms with E-state index in [2.05, 4.69) is 15.9 Å². The minimum atomic E-state index is 0.465. The highest BCUT2D eigenvalue weighted by Crippen LogP contribution is 2.18. The lowest BCUT2D eigenvalue weighted by Gasteiger charge is -2.04. The van der Waals surface area contributed by atoms with E-state index in [1.165, 1.54) is 0 Å². The molecule has 1 rings (SSSR count). The van der Waals surface area contributed by atoms with Gasteiger partial charge >= 0.3 is 0 Å². The summed E-state index contributed by atoms with van der Waals surface area (Å²) >= 11 is 3.36. The van der Waals surface area contributed by atoms with Gasteiger partial charge in [-0.2, -0.15) is 0 Å². The van der Waals surface area contributed by atoms with E-state index in [1.54, 1.807) is 6.07 Å². The Balaban J connectivity index is 2.71. The van der Waals surface area contributed by atoms with E-state index in [1.807, 2.05) is 18.2 Å². The maximum absolute atomic E-state index is 10.2. The van der Waals surface area contributed by atoms with Crippen molar-refractivity contribution in [2.45, 2.75) is 12.8 Å². The van der Waals surface area contributed by atoms with Gasteiger partial charge in [0.2, 0.25) is 0 Å². The van der Waals surface area contributed by atoms with Gasteiger partial charge in [0.25, 0.3) is 6.47 Å². The van der Waals surface area contributed by atoms with Crippen LogP contribution in [0.15, 0.2) is 24.3 Å². The summed E-state index contributed by atoms with van der Waals surface area (Å²) in [5.74, 6) is 0.665. The van der Waals surface area contributed by atoms with Gasteiger partial charge in [-0.1, -0.05) is 34.1 Å². The zero-order chi connectivity index (χ0) is 9.52. The number of hydrogen-bond acceptors (Lipinski definition) is 2. The summed E-state index contributed by atoms with van der Waals surface area (Å²) in [4.78, 5) is 10.2. The average molecular weight is 243 g/mol. The van der Waals surface area contributed by atoms with Gasteiger partial charge in [-0.05, 0) is 24.5 Å². The summed E-state index contributed by atoms with van der Waals surface area (Å²) in [5.41, 5.74) is 1.08. The molecule has 0 radical (unpaired) electrons. The summed E-state index contributed by atoms with van der Waals surface area (Å²) in [6, 6.07) is 7.58. The van der Waals surface area contributed by atoms with Gasteiger partial charge < -0.3 is 4.74 Å². The van der Waals surface area contributed by atoms with Crippen molar-refractivity contribution in [2.75, 3.05) is 5.33 Å². The molecule has 0 heterocycles. The highest BCUT2D eigenvalue weighted by molar-refractivity contribution is 9.09. The molecule has 0 atom stereocenters. The third-order valence-electron chi connectivity index (χ3n) is 1.73. The normalized spacial score (nSPS) is 9.62. The lowest BCUT2D eigenvalue weighted by atomic mass is 10.1.